The number of aromatic nitrogens is 2. The maximum atomic E-state index is 6.05. The smallest absolute Gasteiger partial charge is 0.122 e. The summed E-state index contributed by atoms with van der Waals surface area (Å²) < 4.78 is 5.45. The van der Waals surface area contributed by atoms with Crippen LogP contribution in [0, 0.1) is 0 Å². The van der Waals surface area contributed by atoms with Crippen LogP contribution in [0.5, 0.6) is 5.75 Å². The highest BCUT2D eigenvalue weighted by Gasteiger charge is 2.14. The van der Waals surface area contributed by atoms with Gasteiger partial charge < -0.3 is 4.74 Å². The molecule has 0 fully saturated rings. The van der Waals surface area contributed by atoms with Crippen molar-refractivity contribution >= 4 is 11.6 Å². The summed E-state index contributed by atoms with van der Waals surface area (Å²) in [6.45, 7) is 0.760. The van der Waals surface area contributed by atoms with Crippen LogP contribution in [0.15, 0.2) is 30.7 Å². The number of ether oxygens (including phenoxy) is 1. The van der Waals surface area contributed by atoms with Gasteiger partial charge in [0.05, 0.1) is 17.3 Å². The molecule has 1 aromatic carbocycles. The number of fused-ring (bicyclic) bond motifs is 1. The van der Waals surface area contributed by atoms with Gasteiger partial charge in [0.15, 0.2) is 0 Å². The van der Waals surface area contributed by atoms with Crippen molar-refractivity contribution in [3.8, 4) is 17.0 Å². The number of benzene rings is 1. The first-order chi connectivity index (χ1) is 7.84. The zero-order chi connectivity index (χ0) is 11.0. The van der Waals surface area contributed by atoms with Crippen LogP contribution in [0.2, 0.25) is 5.02 Å². The fraction of sp³-hybridized carbons (Fsp3) is 0.167. The SMILES string of the molecule is Clc1cncnc1-c1ccc2c(c1)CCO2. The van der Waals surface area contributed by atoms with Gasteiger partial charge in [-0.15, -0.1) is 0 Å². The van der Waals surface area contributed by atoms with Gasteiger partial charge in [0.1, 0.15) is 12.1 Å². The van der Waals surface area contributed by atoms with Crippen LogP contribution in [-0.4, -0.2) is 16.6 Å². The standard InChI is InChI=1S/C12H9ClN2O/c13-10-6-14-7-15-12(10)9-1-2-11-8(5-9)3-4-16-11/h1-2,5-7H,3-4H2. The molecule has 0 radical (unpaired) electrons. The van der Waals surface area contributed by atoms with Gasteiger partial charge in [-0.05, 0) is 23.8 Å². The Morgan fingerprint density at radius 3 is 3.12 bits per heavy atom. The molecule has 0 saturated heterocycles. The Kier molecular flexibility index (Phi) is 2.26. The Labute approximate surface area is 98.1 Å². The molecule has 2 heterocycles. The van der Waals surface area contributed by atoms with E-state index in [9.17, 15) is 0 Å². The van der Waals surface area contributed by atoms with Crippen molar-refractivity contribution in [2.75, 3.05) is 6.61 Å². The van der Waals surface area contributed by atoms with Crippen LogP contribution in [0.4, 0.5) is 0 Å². The molecule has 1 aromatic heterocycles. The molecule has 0 saturated carbocycles. The molecule has 0 aliphatic carbocycles. The molecule has 2 aromatic rings. The summed E-state index contributed by atoms with van der Waals surface area (Å²) in [6.07, 6.45) is 4.06. The summed E-state index contributed by atoms with van der Waals surface area (Å²) in [7, 11) is 0. The predicted molar refractivity (Wildman–Crippen MR) is 61.7 cm³/mol. The number of hydrogen-bond donors (Lipinski definition) is 0. The van der Waals surface area contributed by atoms with Crippen molar-refractivity contribution in [2.45, 2.75) is 6.42 Å². The molecule has 0 atom stereocenters. The Morgan fingerprint density at radius 1 is 1.31 bits per heavy atom. The lowest BCUT2D eigenvalue weighted by molar-refractivity contribution is 0.357. The van der Waals surface area contributed by atoms with Crippen molar-refractivity contribution in [1.29, 1.82) is 0 Å². The van der Waals surface area contributed by atoms with Gasteiger partial charge in [0, 0.05) is 18.2 Å². The first-order valence-corrected chi connectivity index (χ1v) is 5.44. The van der Waals surface area contributed by atoms with Crippen molar-refractivity contribution in [1.82, 2.24) is 9.97 Å². The second-order valence-corrected chi connectivity index (χ2v) is 4.05. The molecule has 0 N–H and O–H groups in total. The highest BCUT2D eigenvalue weighted by Crippen LogP contribution is 2.31. The minimum atomic E-state index is 0.571. The van der Waals surface area contributed by atoms with Gasteiger partial charge in [0.25, 0.3) is 0 Å². The topological polar surface area (TPSA) is 35.0 Å². The van der Waals surface area contributed by atoms with Gasteiger partial charge in [-0.25, -0.2) is 9.97 Å². The number of nitrogens with zero attached hydrogens (tertiary/aromatic N) is 2. The zero-order valence-electron chi connectivity index (χ0n) is 8.48. The number of rotatable bonds is 1. The highest BCUT2D eigenvalue weighted by atomic mass is 35.5. The van der Waals surface area contributed by atoms with Crippen LogP contribution in [0.1, 0.15) is 5.56 Å². The van der Waals surface area contributed by atoms with E-state index in [4.69, 9.17) is 16.3 Å². The average molecular weight is 233 g/mol. The summed E-state index contributed by atoms with van der Waals surface area (Å²) in [5.41, 5.74) is 3.00. The first kappa shape index (κ1) is 9.60. The summed E-state index contributed by atoms with van der Waals surface area (Å²) in [5, 5.41) is 0.571. The van der Waals surface area contributed by atoms with Crippen LogP contribution in [-0.2, 0) is 6.42 Å². The third-order valence-electron chi connectivity index (χ3n) is 2.63. The van der Waals surface area contributed by atoms with E-state index in [-0.39, 0.29) is 0 Å². The lowest BCUT2D eigenvalue weighted by Gasteiger charge is -2.04. The van der Waals surface area contributed by atoms with Crippen LogP contribution >= 0.6 is 11.6 Å². The number of halogens is 1. The van der Waals surface area contributed by atoms with E-state index in [1.807, 2.05) is 12.1 Å². The third kappa shape index (κ3) is 1.53. The zero-order valence-corrected chi connectivity index (χ0v) is 9.24. The molecule has 0 spiro atoms. The Balaban J connectivity index is 2.11. The molecule has 1 aliphatic heterocycles. The van der Waals surface area contributed by atoms with E-state index >= 15 is 0 Å². The van der Waals surface area contributed by atoms with Crippen LogP contribution < -0.4 is 4.74 Å². The molecule has 80 valence electrons. The quantitative estimate of drug-likeness (QED) is 0.758. The molecular weight excluding hydrogens is 224 g/mol. The lowest BCUT2D eigenvalue weighted by Crippen LogP contribution is -1.87. The number of hydrogen-bond acceptors (Lipinski definition) is 3. The maximum absolute atomic E-state index is 6.05. The monoisotopic (exact) mass is 232 g/mol. The van der Waals surface area contributed by atoms with E-state index in [1.165, 1.54) is 11.9 Å². The first-order valence-electron chi connectivity index (χ1n) is 5.06. The average Bonchev–Trinajstić information content (AvgIpc) is 2.76. The summed E-state index contributed by atoms with van der Waals surface area (Å²) in [4.78, 5) is 8.07. The van der Waals surface area contributed by atoms with E-state index < -0.39 is 0 Å². The Bertz CT molecular complexity index is 542. The molecule has 16 heavy (non-hydrogen) atoms. The van der Waals surface area contributed by atoms with Crippen molar-refractivity contribution < 1.29 is 4.74 Å². The summed E-state index contributed by atoms with van der Waals surface area (Å²) in [6, 6.07) is 6.02. The largest absolute Gasteiger partial charge is 0.493 e. The predicted octanol–water partition coefficient (Wildman–Crippen LogP) is 2.73. The van der Waals surface area contributed by atoms with Crippen LogP contribution in [0.25, 0.3) is 11.3 Å². The molecule has 0 bridgehead atoms. The Hall–Kier alpha value is -1.61. The van der Waals surface area contributed by atoms with E-state index in [0.29, 0.717) is 5.02 Å². The van der Waals surface area contributed by atoms with Gasteiger partial charge in [0.2, 0.25) is 0 Å². The van der Waals surface area contributed by atoms with Crippen LogP contribution in [0.3, 0.4) is 0 Å². The second-order valence-electron chi connectivity index (χ2n) is 3.64. The third-order valence-corrected chi connectivity index (χ3v) is 2.91. The fourth-order valence-electron chi connectivity index (χ4n) is 1.86. The van der Waals surface area contributed by atoms with Crippen molar-refractivity contribution in [3.05, 3.63) is 41.3 Å². The van der Waals surface area contributed by atoms with E-state index in [1.54, 1.807) is 6.20 Å². The molecule has 4 heteroatoms. The molecular formula is C12H9ClN2O. The van der Waals surface area contributed by atoms with Gasteiger partial charge >= 0.3 is 0 Å². The second kappa shape index (κ2) is 3.76. The minimum Gasteiger partial charge on any atom is -0.493 e. The van der Waals surface area contributed by atoms with Gasteiger partial charge in [-0.1, -0.05) is 11.6 Å². The molecule has 0 unspecified atom stereocenters. The van der Waals surface area contributed by atoms with Crippen molar-refractivity contribution in [2.24, 2.45) is 0 Å². The molecule has 1 aliphatic rings. The summed E-state index contributed by atoms with van der Waals surface area (Å²) in [5.74, 6) is 0.967. The maximum Gasteiger partial charge on any atom is 0.122 e. The van der Waals surface area contributed by atoms with Gasteiger partial charge in [-0.2, -0.15) is 0 Å². The minimum absolute atomic E-state index is 0.571. The van der Waals surface area contributed by atoms with E-state index in [2.05, 4.69) is 16.0 Å². The van der Waals surface area contributed by atoms with Crippen molar-refractivity contribution in [3.63, 3.8) is 0 Å². The lowest BCUT2D eigenvalue weighted by atomic mass is 10.1. The fourth-order valence-corrected chi connectivity index (χ4v) is 2.07. The van der Waals surface area contributed by atoms with E-state index in [0.717, 1.165) is 30.0 Å². The Morgan fingerprint density at radius 2 is 2.25 bits per heavy atom. The molecule has 0 amide bonds. The highest BCUT2D eigenvalue weighted by molar-refractivity contribution is 6.32. The van der Waals surface area contributed by atoms with Gasteiger partial charge in [-0.3, -0.25) is 0 Å². The molecule has 3 rings (SSSR count). The normalized spacial score (nSPS) is 13.3. The summed E-state index contributed by atoms with van der Waals surface area (Å²) >= 11 is 6.05. The molecule has 3 nitrogen and oxygen atoms in total.